The van der Waals surface area contributed by atoms with E-state index in [0.29, 0.717) is 12.1 Å². The molecule has 0 saturated carbocycles. The van der Waals surface area contributed by atoms with E-state index in [1.54, 1.807) is 0 Å². The molecule has 3 aliphatic rings. The Morgan fingerprint density at radius 3 is 3.00 bits per heavy atom. The third-order valence-electron chi connectivity index (χ3n) is 5.21. The Morgan fingerprint density at radius 2 is 2.10 bits per heavy atom. The fraction of sp³-hybridized carbons (Fsp3) is 0.706. The molecule has 1 unspecified atom stereocenters. The SMILES string of the molecule is c1cc2c(cn1)C(O[C@@H]1CCN(C3CCOCC3)C1)CC2. The molecule has 2 saturated heterocycles. The molecule has 1 aliphatic carbocycles. The molecule has 1 aromatic rings. The van der Waals surface area contributed by atoms with E-state index < -0.39 is 0 Å². The van der Waals surface area contributed by atoms with Gasteiger partial charge in [-0.25, -0.2) is 0 Å². The molecular weight excluding hydrogens is 264 g/mol. The summed E-state index contributed by atoms with van der Waals surface area (Å²) in [6.45, 7) is 4.13. The van der Waals surface area contributed by atoms with Crippen LogP contribution >= 0.6 is 0 Å². The van der Waals surface area contributed by atoms with Crippen molar-refractivity contribution < 1.29 is 9.47 Å². The van der Waals surface area contributed by atoms with Crippen molar-refractivity contribution >= 4 is 0 Å². The first-order valence-electron chi connectivity index (χ1n) is 8.30. The van der Waals surface area contributed by atoms with Crippen LogP contribution in [0.15, 0.2) is 18.5 Å². The smallest absolute Gasteiger partial charge is 0.0850 e. The van der Waals surface area contributed by atoms with Crippen LogP contribution in [0.4, 0.5) is 0 Å². The van der Waals surface area contributed by atoms with E-state index in [4.69, 9.17) is 9.47 Å². The van der Waals surface area contributed by atoms with Gasteiger partial charge in [-0.15, -0.1) is 0 Å². The summed E-state index contributed by atoms with van der Waals surface area (Å²) in [6, 6.07) is 2.85. The Labute approximate surface area is 126 Å². The van der Waals surface area contributed by atoms with E-state index in [9.17, 15) is 0 Å². The lowest BCUT2D eigenvalue weighted by Gasteiger charge is -2.31. The Hall–Kier alpha value is -0.970. The molecular formula is C17H24N2O2. The molecule has 2 aliphatic heterocycles. The Kier molecular flexibility index (Phi) is 3.93. The van der Waals surface area contributed by atoms with E-state index in [1.807, 2.05) is 12.4 Å². The minimum Gasteiger partial charge on any atom is -0.381 e. The van der Waals surface area contributed by atoms with Gasteiger partial charge >= 0.3 is 0 Å². The van der Waals surface area contributed by atoms with Crippen molar-refractivity contribution in [3.8, 4) is 0 Å². The first-order valence-corrected chi connectivity index (χ1v) is 8.30. The maximum absolute atomic E-state index is 6.41. The molecule has 114 valence electrons. The van der Waals surface area contributed by atoms with Crippen LogP contribution in [-0.2, 0) is 15.9 Å². The topological polar surface area (TPSA) is 34.6 Å². The number of fused-ring (bicyclic) bond motifs is 1. The summed E-state index contributed by atoms with van der Waals surface area (Å²) in [4.78, 5) is 6.88. The molecule has 0 amide bonds. The molecule has 4 heteroatoms. The number of hydrogen-bond donors (Lipinski definition) is 0. The summed E-state index contributed by atoms with van der Waals surface area (Å²) < 4.78 is 11.9. The third-order valence-corrected chi connectivity index (χ3v) is 5.21. The lowest BCUT2D eigenvalue weighted by molar-refractivity contribution is -0.0144. The van der Waals surface area contributed by atoms with Crippen LogP contribution in [0.3, 0.4) is 0 Å². The van der Waals surface area contributed by atoms with Gasteiger partial charge in [0, 0.05) is 50.3 Å². The second-order valence-corrected chi connectivity index (χ2v) is 6.49. The van der Waals surface area contributed by atoms with Crippen LogP contribution in [0, 0.1) is 0 Å². The van der Waals surface area contributed by atoms with Gasteiger partial charge in [-0.05, 0) is 43.7 Å². The van der Waals surface area contributed by atoms with Gasteiger partial charge in [0.25, 0.3) is 0 Å². The first kappa shape index (κ1) is 13.7. The summed E-state index contributed by atoms with van der Waals surface area (Å²) in [5.41, 5.74) is 2.75. The largest absolute Gasteiger partial charge is 0.381 e. The number of aromatic nitrogens is 1. The van der Waals surface area contributed by atoms with Crippen molar-refractivity contribution in [2.75, 3.05) is 26.3 Å². The third kappa shape index (κ3) is 2.85. The van der Waals surface area contributed by atoms with Crippen molar-refractivity contribution in [1.82, 2.24) is 9.88 Å². The van der Waals surface area contributed by atoms with Gasteiger partial charge in [0.2, 0.25) is 0 Å². The van der Waals surface area contributed by atoms with Crippen molar-refractivity contribution in [1.29, 1.82) is 0 Å². The predicted molar refractivity (Wildman–Crippen MR) is 80.2 cm³/mol. The highest BCUT2D eigenvalue weighted by atomic mass is 16.5. The Bertz CT molecular complexity index is 487. The molecule has 1 aromatic heterocycles. The zero-order valence-corrected chi connectivity index (χ0v) is 12.5. The number of aryl methyl sites for hydroxylation is 1. The number of hydrogen-bond acceptors (Lipinski definition) is 4. The monoisotopic (exact) mass is 288 g/mol. The van der Waals surface area contributed by atoms with Crippen molar-refractivity contribution in [3.63, 3.8) is 0 Å². The van der Waals surface area contributed by atoms with Crippen LogP contribution in [0.2, 0.25) is 0 Å². The maximum Gasteiger partial charge on any atom is 0.0850 e. The average Bonchev–Trinajstić information content (AvgIpc) is 3.17. The normalized spacial score (nSPS) is 30.7. The van der Waals surface area contributed by atoms with Crippen LogP contribution in [-0.4, -0.2) is 48.3 Å². The van der Waals surface area contributed by atoms with Crippen molar-refractivity contribution in [3.05, 3.63) is 29.6 Å². The van der Waals surface area contributed by atoms with Gasteiger partial charge in [0.05, 0.1) is 12.2 Å². The van der Waals surface area contributed by atoms with E-state index in [-0.39, 0.29) is 6.10 Å². The fourth-order valence-electron chi connectivity index (χ4n) is 4.02. The van der Waals surface area contributed by atoms with E-state index >= 15 is 0 Å². The number of rotatable bonds is 3. The zero-order chi connectivity index (χ0) is 14.1. The molecule has 2 fully saturated rings. The van der Waals surface area contributed by atoms with Crippen molar-refractivity contribution in [2.24, 2.45) is 0 Å². The molecule has 0 N–H and O–H groups in total. The van der Waals surface area contributed by atoms with Crippen LogP contribution in [0.1, 0.15) is 42.9 Å². The lowest BCUT2D eigenvalue weighted by atomic mass is 10.1. The molecule has 0 spiro atoms. The highest BCUT2D eigenvalue weighted by Gasteiger charge is 2.33. The van der Waals surface area contributed by atoms with Gasteiger partial charge < -0.3 is 9.47 Å². The molecule has 0 aromatic carbocycles. The molecule has 21 heavy (non-hydrogen) atoms. The summed E-state index contributed by atoms with van der Waals surface area (Å²) in [6.07, 6.45) is 10.3. The van der Waals surface area contributed by atoms with Gasteiger partial charge in [0.15, 0.2) is 0 Å². The highest BCUT2D eigenvalue weighted by Crippen LogP contribution is 2.35. The predicted octanol–water partition coefficient (Wildman–Crippen LogP) is 2.34. The molecule has 4 rings (SSSR count). The molecule has 0 radical (unpaired) electrons. The number of likely N-dealkylation sites (tertiary alicyclic amines) is 1. The zero-order valence-electron chi connectivity index (χ0n) is 12.5. The highest BCUT2D eigenvalue weighted by molar-refractivity contribution is 5.30. The molecule has 3 heterocycles. The Balaban J connectivity index is 1.35. The molecule has 4 nitrogen and oxygen atoms in total. The number of pyridine rings is 1. The summed E-state index contributed by atoms with van der Waals surface area (Å²) in [7, 11) is 0. The van der Waals surface area contributed by atoms with E-state index in [2.05, 4.69) is 16.0 Å². The minimum absolute atomic E-state index is 0.272. The van der Waals surface area contributed by atoms with Gasteiger partial charge in [-0.2, -0.15) is 0 Å². The second-order valence-electron chi connectivity index (χ2n) is 6.49. The van der Waals surface area contributed by atoms with Crippen LogP contribution in [0.5, 0.6) is 0 Å². The summed E-state index contributed by atoms with van der Waals surface area (Å²) in [5.74, 6) is 0. The second kappa shape index (κ2) is 6.03. The number of ether oxygens (including phenoxy) is 2. The molecule has 0 bridgehead atoms. The van der Waals surface area contributed by atoms with Crippen LogP contribution in [0.25, 0.3) is 0 Å². The summed E-state index contributed by atoms with van der Waals surface area (Å²) >= 11 is 0. The van der Waals surface area contributed by atoms with Gasteiger partial charge in [0.1, 0.15) is 0 Å². The lowest BCUT2D eigenvalue weighted by Crippen LogP contribution is -2.38. The van der Waals surface area contributed by atoms with Gasteiger partial charge in [-0.3, -0.25) is 9.88 Å². The van der Waals surface area contributed by atoms with Crippen molar-refractivity contribution in [2.45, 2.75) is 50.4 Å². The molecule has 2 atom stereocenters. The van der Waals surface area contributed by atoms with E-state index in [1.165, 1.54) is 36.9 Å². The summed E-state index contributed by atoms with van der Waals surface area (Å²) in [5, 5.41) is 0. The van der Waals surface area contributed by atoms with Crippen LogP contribution < -0.4 is 0 Å². The average molecular weight is 288 g/mol. The van der Waals surface area contributed by atoms with Gasteiger partial charge in [-0.1, -0.05) is 0 Å². The quantitative estimate of drug-likeness (QED) is 0.855. The number of nitrogens with zero attached hydrogens (tertiary/aromatic N) is 2. The maximum atomic E-state index is 6.41. The fourth-order valence-corrected chi connectivity index (χ4v) is 4.02. The van der Waals surface area contributed by atoms with E-state index in [0.717, 1.165) is 32.6 Å². The first-order chi connectivity index (χ1) is 10.4. The standard InChI is InChI=1S/C17H24N2O2/c1-2-17(16-11-18-7-3-13(1)16)21-15-4-8-19(12-15)14-5-9-20-10-6-14/h3,7,11,14-15,17H,1-2,4-6,8-10,12H2/t15-,17?/m1/s1. The minimum atomic E-state index is 0.272. The Morgan fingerprint density at radius 1 is 1.19 bits per heavy atom.